The van der Waals surface area contributed by atoms with Gasteiger partial charge in [0.15, 0.2) is 5.78 Å². The first-order valence-corrected chi connectivity index (χ1v) is 5.88. The van der Waals surface area contributed by atoms with Gasteiger partial charge in [0, 0.05) is 5.56 Å². The third-order valence-corrected chi connectivity index (χ3v) is 3.37. The van der Waals surface area contributed by atoms with Crippen molar-refractivity contribution in [3.8, 4) is 0 Å². The SMILES string of the molecule is COC(=O)C1Cc2ccccc2C(=O)C1C(=O)OC. The van der Waals surface area contributed by atoms with Crippen molar-refractivity contribution in [1.82, 2.24) is 0 Å². The summed E-state index contributed by atoms with van der Waals surface area (Å²) >= 11 is 0. The molecule has 0 saturated heterocycles. The molecule has 100 valence electrons. The number of hydrogen-bond donors (Lipinski definition) is 0. The molecule has 0 radical (unpaired) electrons. The number of ether oxygens (including phenoxy) is 2. The number of carbonyl (C=O) groups is 3. The van der Waals surface area contributed by atoms with Gasteiger partial charge in [-0.15, -0.1) is 0 Å². The lowest BCUT2D eigenvalue weighted by molar-refractivity contribution is -0.155. The van der Waals surface area contributed by atoms with E-state index in [9.17, 15) is 14.4 Å². The van der Waals surface area contributed by atoms with Gasteiger partial charge in [-0.1, -0.05) is 24.3 Å². The first-order valence-electron chi connectivity index (χ1n) is 5.88. The van der Waals surface area contributed by atoms with Crippen LogP contribution < -0.4 is 0 Å². The molecule has 2 rings (SSSR count). The van der Waals surface area contributed by atoms with Gasteiger partial charge in [-0.25, -0.2) is 0 Å². The monoisotopic (exact) mass is 262 g/mol. The van der Waals surface area contributed by atoms with E-state index < -0.39 is 23.8 Å². The van der Waals surface area contributed by atoms with E-state index in [1.807, 2.05) is 0 Å². The number of fused-ring (bicyclic) bond motifs is 1. The van der Waals surface area contributed by atoms with Gasteiger partial charge in [-0.05, 0) is 12.0 Å². The second-order valence-electron chi connectivity index (χ2n) is 4.36. The molecule has 2 unspecified atom stereocenters. The molecule has 5 nitrogen and oxygen atoms in total. The number of ketones is 1. The minimum Gasteiger partial charge on any atom is -0.469 e. The first kappa shape index (κ1) is 13.3. The summed E-state index contributed by atoms with van der Waals surface area (Å²) in [6.07, 6.45) is 0.300. The van der Waals surface area contributed by atoms with E-state index in [0.29, 0.717) is 12.0 Å². The summed E-state index contributed by atoms with van der Waals surface area (Å²) in [6, 6.07) is 6.94. The van der Waals surface area contributed by atoms with Crippen LogP contribution in [-0.2, 0) is 25.5 Å². The Bertz CT molecular complexity index is 534. The molecule has 2 atom stereocenters. The predicted octanol–water partition coefficient (Wildman–Crippen LogP) is 1.00. The van der Waals surface area contributed by atoms with Crippen LogP contribution in [-0.4, -0.2) is 31.9 Å². The highest BCUT2D eigenvalue weighted by Crippen LogP contribution is 2.31. The standard InChI is InChI=1S/C14H14O5/c1-18-13(16)10-7-8-5-3-4-6-9(8)12(15)11(10)14(17)19-2/h3-6,10-11H,7H2,1-2H3. The van der Waals surface area contributed by atoms with Gasteiger partial charge in [-0.2, -0.15) is 0 Å². The zero-order chi connectivity index (χ0) is 14.0. The Kier molecular flexibility index (Phi) is 3.64. The number of Topliss-reactive ketones (excluding diaryl/α,β-unsaturated/α-hetero) is 1. The largest absolute Gasteiger partial charge is 0.469 e. The summed E-state index contributed by atoms with van der Waals surface area (Å²) < 4.78 is 9.31. The van der Waals surface area contributed by atoms with Crippen molar-refractivity contribution in [1.29, 1.82) is 0 Å². The maximum absolute atomic E-state index is 12.3. The fourth-order valence-electron chi connectivity index (χ4n) is 2.41. The molecule has 1 aromatic rings. The summed E-state index contributed by atoms with van der Waals surface area (Å²) in [5.74, 6) is -3.59. The molecule has 0 fully saturated rings. The lowest BCUT2D eigenvalue weighted by Gasteiger charge is -2.28. The summed E-state index contributed by atoms with van der Waals surface area (Å²) in [5.41, 5.74) is 1.22. The Morgan fingerprint density at radius 3 is 2.37 bits per heavy atom. The van der Waals surface area contributed by atoms with Crippen LogP contribution in [0.3, 0.4) is 0 Å². The Hall–Kier alpha value is -2.17. The number of methoxy groups -OCH3 is 2. The molecule has 0 N–H and O–H groups in total. The molecule has 5 heteroatoms. The quantitative estimate of drug-likeness (QED) is 0.587. The number of benzene rings is 1. The van der Waals surface area contributed by atoms with Gasteiger partial charge in [0.2, 0.25) is 0 Å². The number of rotatable bonds is 2. The molecule has 0 aromatic heterocycles. The third-order valence-electron chi connectivity index (χ3n) is 3.37. The van der Waals surface area contributed by atoms with Crippen molar-refractivity contribution < 1.29 is 23.9 Å². The molecule has 1 aromatic carbocycles. The van der Waals surface area contributed by atoms with E-state index in [-0.39, 0.29) is 5.78 Å². The molecular formula is C14H14O5. The van der Waals surface area contributed by atoms with Crippen molar-refractivity contribution in [2.24, 2.45) is 11.8 Å². The van der Waals surface area contributed by atoms with Gasteiger partial charge < -0.3 is 9.47 Å². The number of esters is 2. The van der Waals surface area contributed by atoms with Crippen molar-refractivity contribution in [2.75, 3.05) is 14.2 Å². The molecule has 0 spiro atoms. The molecule has 1 aliphatic carbocycles. The molecule has 1 aliphatic rings. The van der Waals surface area contributed by atoms with E-state index in [2.05, 4.69) is 9.47 Å². The summed E-state index contributed by atoms with van der Waals surface area (Å²) in [5, 5.41) is 0. The van der Waals surface area contributed by atoms with E-state index in [4.69, 9.17) is 0 Å². The maximum Gasteiger partial charge on any atom is 0.317 e. The van der Waals surface area contributed by atoms with Gasteiger partial charge in [0.25, 0.3) is 0 Å². The Balaban J connectivity index is 2.47. The number of hydrogen-bond acceptors (Lipinski definition) is 5. The molecule has 0 aliphatic heterocycles. The van der Waals surface area contributed by atoms with Crippen molar-refractivity contribution >= 4 is 17.7 Å². The Morgan fingerprint density at radius 1 is 1.11 bits per heavy atom. The minimum atomic E-state index is -1.12. The van der Waals surface area contributed by atoms with Crippen LogP contribution in [0, 0.1) is 11.8 Å². The van der Waals surface area contributed by atoms with Crippen molar-refractivity contribution in [3.05, 3.63) is 35.4 Å². The molecule has 0 heterocycles. The van der Waals surface area contributed by atoms with Gasteiger partial charge in [0.1, 0.15) is 5.92 Å². The minimum absolute atomic E-state index is 0.300. The molecule has 19 heavy (non-hydrogen) atoms. The highest BCUT2D eigenvalue weighted by molar-refractivity contribution is 6.12. The topological polar surface area (TPSA) is 69.7 Å². The number of carbonyl (C=O) groups excluding carboxylic acids is 3. The van der Waals surface area contributed by atoms with E-state index in [1.54, 1.807) is 24.3 Å². The summed E-state index contributed by atoms with van der Waals surface area (Å²) in [4.78, 5) is 35.9. The van der Waals surface area contributed by atoms with Crippen LogP contribution in [0.2, 0.25) is 0 Å². The molecule has 0 saturated carbocycles. The van der Waals surface area contributed by atoms with Crippen LogP contribution >= 0.6 is 0 Å². The fourth-order valence-corrected chi connectivity index (χ4v) is 2.41. The van der Waals surface area contributed by atoms with Crippen LogP contribution in [0.15, 0.2) is 24.3 Å². The zero-order valence-electron chi connectivity index (χ0n) is 10.7. The van der Waals surface area contributed by atoms with Crippen LogP contribution in [0.25, 0.3) is 0 Å². The first-order chi connectivity index (χ1) is 9.10. The van der Waals surface area contributed by atoms with E-state index in [0.717, 1.165) is 5.56 Å². The summed E-state index contributed by atoms with van der Waals surface area (Å²) in [7, 11) is 2.44. The smallest absolute Gasteiger partial charge is 0.317 e. The second kappa shape index (κ2) is 5.22. The Morgan fingerprint density at radius 2 is 1.74 bits per heavy atom. The fraction of sp³-hybridized carbons (Fsp3) is 0.357. The molecular weight excluding hydrogens is 248 g/mol. The highest BCUT2D eigenvalue weighted by Gasteiger charge is 2.45. The zero-order valence-corrected chi connectivity index (χ0v) is 10.7. The van der Waals surface area contributed by atoms with E-state index in [1.165, 1.54) is 14.2 Å². The lowest BCUT2D eigenvalue weighted by atomic mass is 9.75. The van der Waals surface area contributed by atoms with Gasteiger partial charge >= 0.3 is 11.9 Å². The predicted molar refractivity (Wildman–Crippen MR) is 65.5 cm³/mol. The lowest BCUT2D eigenvalue weighted by Crippen LogP contribution is -2.42. The average molecular weight is 262 g/mol. The van der Waals surface area contributed by atoms with Crippen molar-refractivity contribution in [2.45, 2.75) is 6.42 Å². The van der Waals surface area contributed by atoms with Gasteiger partial charge in [-0.3, -0.25) is 14.4 Å². The van der Waals surface area contributed by atoms with Crippen LogP contribution in [0.1, 0.15) is 15.9 Å². The van der Waals surface area contributed by atoms with E-state index >= 15 is 0 Å². The normalized spacial score (nSPS) is 21.5. The molecule has 0 bridgehead atoms. The van der Waals surface area contributed by atoms with Gasteiger partial charge in [0.05, 0.1) is 20.1 Å². The van der Waals surface area contributed by atoms with Crippen molar-refractivity contribution in [3.63, 3.8) is 0 Å². The third kappa shape index (κ3) is 2.23. The second-order valence-corrected chi connectivity index (χ2v) is 4.36. The molecule has 0 amide bonds. The van der Waals surface area contributed by atoms with Crippen LogP contribution in [0.4, 0.5) is 0 Å². The average Bonchev–Trinajstić information content (AvgIpc) is 2.45. The van der Waals surface area contributed by atoms with Crippen LogP contribution in [0.5, 0.6) is 0 Å². The maximum atomic E-state index is 12.3. The summed E-state index contributed by atoms with van der Waals surface area (Å²) in [6.45, 7) is 0. The highest BCUT2D eigenvalue weighted by atomic mass is 16.5. The Labute approximate surface area is 110 Å².